The van der Waals surface area contributed by atoms with E-state index in [2.05, 4.69) is 23.7 Å². The molecule has 0 N–H and O–H groups in total. The topological polar surface area (TPSA) is 56.8 Å². The SMILES string of the molecule is CCC1CCCCN1C(=O)c1cccc(C(=O)N2CCN(CC)CC2)n1. The number of nitrogens with zero attached hydrogens (tertiary/aromatic N) is 4. The van der Waals surface area contributed by atoms with Crippen LogP contribution in [-0.2, 0) is 0 Å². The van der Waals surface area contributed by atoms with Crippen molar-refractivity contribution in [1.82, 2.24) is 19.7 Å². The highest BCUT2D eigenvalue weighted by molar-refractivity contribution is 5.96. The van der Waals surface area contributed by atoms with Gasteiger partial charge in [-0.15, -0.1) is 0 Å². The summed E-state index contributed by atoms with van der Waals surface area (Å²) in [5.74, 6) is -0.108. The molecular weight excluding hydrogens is 328 g/mol. The molecule has 0 radical (unpaired) electrons. The Kier molecular flexibility index (Phi) is 6.25. The van der Waals surface area contributed by atoms with Gasteiger partial charge in [0, 0.05) is 38.8 Å². The van der Waals surface area contributed by atoms with Gasteiger partial charge in [-0.1, -0.05) is 19.9 Å². The number of amides is 2. The molecule has 1 atom stereocenters. The minimum absolute atomic E-state index is 0.0398. The Balaban J connectivity index is 1.71. The third-order valence-electron chi connectivity index (χ3n) is 5.65. The molecule has 1 unspecified atom stereocenters. The van der Waals surface area contributed by atoms with Gasteiger partial charge in [0.15, 0.2) is 0 Å². The standard InChI is InChI=1S/C20H30N4O2/c1-3-16-8-5-6-11-24(16)20(26)18-10-7-9-17(21-18)19(25)23-14-12-22(4-2)13-15-23/h7,9-10,16H,3-6,8,11-15H2,1-2H3. The monoisotopic (exact) mass is 358 g/mol. The lowest BCUT2D eigenvalue weighted by atomic mass is 9.99. The van der Waals surface area contributed by atoms with Gasteiger partial charge < -0.3 is 14.7 Å². The number of carbonyl (C=O) groups is 2. The van der Waals surface area contributed by atoms with Crippen LogP contribution in [0.15, 0.2) is 18.2 Å². The Morgan fingerprint density at radius 1 is 1.00 bits per heavy atom. The average molecular weight is 358 g/mol. The van der Waals surface area contributed by atoms with E-state index in [1.54, 1.807) is 18.2 Å². The second-order valence-electron chi connectivity index (χ2n) is 7.19. The van der Waals surface area contributed by atoms with Gasteiger partial charge in [0.25, 0.3) is 11.8 Å². The zero-order valence-corrected chi connectivity index (χ0v) is 16.0. The van der Waals surface area contributed by atoms with E-state index in [1.165, 1.54) is 6.42 Å². The maximum absolute atomic E-state index is 12.9. The van der Waals surface area contributed by atoms with E-state index in [4.69, 9.17) is 0 Å². The molecule has 2 fully saturated rings. The fraction of sp³-hybridized carbons (Fsp3) is 0.650. The molecule has 2 aliphatic rings. The number of likely N-dealkylation sites (tertiary alicyclic amines) is 1. The Hall–Kier alpha value is -1.95. The van der Waals surface area contributed by atoms with Crippen molar-refractivity contribution >= 4 is 11.8 Å². The number of rotatable bonds is 4. The molecule has 0 spiro atoms. The molecule has 1 aromatic rings. The van der Waals surface area contributed by atoms with Crippen molar-refractivity contribution < 1.29 is 9.59 Å². The Morgan fingerprint density at radius 3 is 2.35 bits per heavy atom. The van der Waals surface area contributed by atoms with E-state index >= 15 is 0 Å². The maximum atomic E-state index is 12.9. The number of piperidine rings is 1. The highest BCUT2D eigenvalue weighted by Gasteiger charge is 2.28. The molecule has 0 saturated carbocycles. The summed E-state index contributed by atoms with van der Waals surface area (Å²) in [5, 5.41) is 0. The zero-order chi connectivity index (χ0) is 18.5. The summed E-state index contributed by atoms with van der Waals surface area (Å²) < 4.78 is 0. The van der Waals surface area contributed by atoms with Gasteiger partial charge in [0.1, 0.15) is 11.4 Å². The first-order chi connectivity index (χ1) is 12.6. The summed E-state index contributed by atoms with van der Waals surface area (Å²) in [7, 11) is 0. The van der Waals surface area contributed by atoms with Crippen molar-refractivity contribution in [2.24, 2.45) is 0 Å². The van der Waals surface area contributed by atoms with Gasteiger partial charge in [-0.3, -0.25) is 9.59 Å². The van der Waals surface area contributed by atoms with Crippen LogP contribution in [0.3, 0.4) is 0 Å². The second-order valence-corrected chi connectivity index (χ2v) is 7.19. The van der Waals surface area contributed by atoms with Crippen molar-refractivity contribution in [1.29, 1.82) is 0 Å². The minimum atomic E-state index is -0.0684. The van der Waals surface area contributed by atoms with Gasteiger partial charge in [0.2, 0.25) is 0 Å². The summed E-state index contributed by atoms with van der Waals surface area (Å²) in [5.41, 5.74) is 0.772. The highest BCUT2D eigenvalue weighted by Crippen LogP contribution is 2.21. The number of piperazine rings is 1. The third-order valence-corrected chi connectivity index (χ3v) is 5.65. The predicted molar refractivity (Wildman–Crippen MR) is 101 cm³/mol. The van der Waals surface area contributed by atoms with E-state index in [-0.39, 0.29) is 11.8 Å². The molecule has 26 heavy (non-hydrogen) atoms. The van der Waals surface area contributed by atoms with Crippen LogP contribution >= 0.6 is 0 Å². The van der Waals surface area contributed by atoms with Crippen LogP contribution in [-0.4, -0.2) is 76.8 Å². The fourth-order valence-corrected chi connectivity index (χ4v) is 3.94. The Labute approximate surface area is 156 Å². The number of aromatic nitrogens is 1. The molecule has 0 bridgehead atoms. The first-order valence-electron chi connectivity index (χ1n) is 9.93. The minimum Gasteiger partial charge on any atom is -0.335 e. The van der Waals surface area contributed by atoms with Crippen molar-refractivity contribution in [3.05, 3.63) is 29.6 Å². The Morgan fingerprint density at radius 2 is 1.69 bits per heavy atom. The number of carbonyl (C=O) groups excluding carboxylic acids is 2. The van der Waals surface area contributed by atoms with Crippen LogP contribution in [0, 0.1) is 0 Å². The quantitative estimate of drug-likeness (QED) is 0.828. The lowest BCUT2D eigenvalue weighted by Gasteiger charge is -2.35. The van der Waals surface area contributed by atoms with Crippen LogP contribution in [0.5, 0.6) is 0 Å². The molecule has 2 aliphatic heterocycles. The molecular formula is C20H30N4O2. The third kappa shape index (κ3) is 4.06. The predicted octanol–water partition coefficient (Wildman–Crippen LogP) is 2.26. The van der Waals surface area contributed by atoms with E-state index in [0.29, 0.717) is 17.4 Å². The molecule has 6 heteroatoms. The smallest absolute Gasteiger partial charge is 0.272 e. The summed E-state index contributed by atoms with van der Waals surface area (Å²) in [6.07, 6.45) is 4.25. The molecule has 0 aromatic carbocycles. The van der Waals surface area contributed by atoms with Crippen LogP contribution in [0.25, 0.3) is 0 Å². The lowest BCUT2D eigenvalue weighted by Crippen LogP contribution is -2.48. The summed E-state index contributed by atoms with van der Waals surface area (Å²) >= 11 is 0. The van der Waals surface area contributed by atoms with Crippen molar-refractivity contribution in [2.45, 2.75) is 45.6 Å². The van der Waals surface area contributed by atoms with Gasteiger partial charge >= 0.3 is 0 Å². The van der Waals surface area contributed by atoms with Gasteiger partial charge in [-0.25, -0.2) is 4.98 Å². The average Bonchev–Trinajstić information content (AvgIpc) is 2.72. The molecule has 2 amide bonds. The van der Waals surface area contributed by atoms with E-state index in [0.717, 1.165) is 58.5 Å². The fourth-order valence-electron chi connectivity index (χ4n) is 3.94. The molecule has 3 heterocycles. The van der Waals surface area contributed by atoms with Crippen molar-refractivity contribution in [3.63, 3.8) is 0 Å². The van der Waals surface area contributed by atoms with Gasteiger partial charge in [-0.05, 0) is 44.4 Å². The molecule has 1 aromatic heterocycles. The molecule has 2 saturated heterocycles. The molecule has 142 valence electrons. The summed E-state index contributed by atoms with van der Waals surface area (Å²) in [6.45, 7) is 9.29. The summed E-state index contributed by atoms with van der Waals surface area (Å²) in [4.78, 5) is 36.3. The van der Waals surface area contributed by atoms with E-state index in [1.807, 2.05) is 9.80 Å². The molecule has 0 aliphatic carbocycles. The summed E-state index contributed by atoms with van der Waals surface area (Å²) in [6, 6.07) is 5.52. The van der Waals surface area contributed by atoms with Crippen molar-refractivity contribution in [2.75, 3.05) is 39.3 Å². The number of hydrogen-bond donors (Lipinski definition) is 0. The number of pyridine rings is 1. The van der Waals surface area contributed by atoms with E-state index < -0.39 is 0 Å². The van der Waals surface area contributed by atoms with Crippen LogP contribution in [0.4, 0.5) is 0 Å². The van der Waals surface area contributed by atoms with Gasteiger partial charge in [-0.2, -0.15) is 0 Å². The van der Waals surface area contributed by atoms with E-state index in [9.17, 15) is 9.59 Å². The normalized spacial score (nSPS) is 21.7. The van der Waals surface area contributed by atoms with Gasteiger partial charge in [0.05, 0.1) is 0 Å². The molecule has 6 nitrogen and oxygen atoms in total. The van der Waals surface area contributed by atoms with Crippen LogP contribution in [0.2, 0.25) is 0 Å². The maximum Gasteiger partial charge on any atom is 0.272 e. The van der Waals surface area contributed by atoms with Crippen LogP contribution < -0.4 is 0 Å². The number of likely N-dealkylation sites (N-methyl/N-ethyl adjacent to an activating group) is 1. The lowest BCUT2D eigenvalue weighted by molar-refractivity contribution is 0.0600. The largest absolute Gasteiger partial charge is 0.335 e. The first kappa shape index (κ1) is 18.8. The highest BCUT2D eigenvalue weighted by atomic mass is 16.2. The second kappa shape index (κ2) is 8.62. The van der Waals surface area contributed by atoms with Crippen molar-refractivity contribution in [3.8, 4) is 0 Å². The van der Waals surface area contributed by atoms with Crippen LogP contribution in [0.1, 0.15) is 60.5 Å². The molecule has 3 rings (SSSR count). The zero-order valence-electron chi connectivity index (χ0n) is 16.0. The Bertz CT molecular complexity index is 640. The number of hydrogen-bond acceptors (Lipinski definition) is 4. The first-order valence-corrected chi connectivity index (χ1v) is 9.93.